The lowest BCUT2D eigenvalue weighted by Gasteiger charge is -2.32. The Balaban J connectivity index is 1.97. The summed E-state index contributed by atoms with van der Waals surface area (Å²) in [5.41, 5.74) is 6.51. The van der Waals surface area contributed by atoms with Gasteiger partial charge in [-0.1, -0.05) is 49.6 Å². The normalized spacial score (nSPS) is 17.8. The first-order valence-electron chi connectivity index (χ1n) is 8.83. The van der Waals surface area contributed by atoms with Crippen LogP contribution in [0.5, 0.6) is 0 Å². The minimum Gasteiger partial charge on any atom is -0.466 e. The average Bonchev–Trinajstić information content (AvgIpc) is 2.60. The maximum absolute atomic E-state index is 12.5. The van der Waals surface area contributed by atoms with Gasteiger partial charge in [-0.2, -0.15) is 0 Å². The quantitative estimate of drug-likeness (QED) is 0.750. The fourth-order valence-corrected chi connectivity index (χ4v) is 3.20. The number of nitrogens with two attached hydrogens (primary N) is 1. The Hall–Kier alpha value is -1.88. The second-order valence-corrected chi connectivity index (χ2v) is 6.57. The minimum absolute atomic E-state index is 0.149. The zero-order chi connectivity index (χ0) is 17.4. The highest BCUT2D eigenvalue weighted by atomic mass is 16.5. The summed E-state index contributed by atoms with van der Waals surface area (Å²) in [5.74, 6) is -0.829. The number of carbonyl (C=O) groups excluding carboxylic acids is 2. The number of benzene rings is 1. The van der Waals surface area contributed by atoms with Crippen molar-refractivity contribution < 1.29 is 14.3 Å². The van der Waals surface area contributed by atoms with Crippen LogP contribution in [0.2, 0.25) is 0 Å². The molecule has 1 saturated carbocycles. The van der Waals surface area contributed by atoms with E-state index in [2.05, 4.69) is 5.32 Å². The average molecular weight is 332 g/mol. The second kappa shape index (κ2) is 8.83. The maximum atomic E-state index is 12.5. The van der Waals surface area contributed by atoms with E-state index in [1.165, 1.54) is 0 Å². The molecule has 24 heavy (non-hydrogen) atoms. The van der Waals surface area contributed by atoms with E-state index in [0.717, 1.165) is 24.8 Å². The first-order chi connectivity index (χ1) is 11.5. The first-order valence-corrected chi connectivity index (χ1v) is 8.83. The van der Waals surface area contributed by atoms with Crippen LogP contribution in [0, 0.1) is 5.92 Å². The standard InChI is InChI=1S/C19H28N2O3/c1-2-24-17(22)16(13-15-9-5-3-6-10-15)14-21-18(23)19(20)11-7-4-8-12-19/h3,5-6,9-10,16H,2,4,7-8,11-14,20H2,1H3,(H,21,23). The molecule has 2 rings (SSSR count). The summed E-state index contributed by atoms with van der Waals surface area (Å²) >= 11 is 0. The van der Waals surface area contributed by atoms with Gasteiger partial charge in [-0.25, -0.2) is 0 Å². The number of ether oxygens (including phenoxy) is 1. The van der Waals surface area contributed by atoms with Crippen molar-refractivity contribution in [3.8, 4) is 0 Å². The van der Waals surface area contributed by atoms with Gasteiger partial charge in [0.05, 0.1) is 18.1 Å². The van der Waals surface area contributed by atoms with Crippen LogP contribution in [0.3, 0.4) is 0 Å². The molecule has 0 heterocycles. The van der Waals surface area contributed by atoms with Gasteiger partial charge in [-0.15, -0.1) is 0 Å². The lowest BCUT2D eigenvalue weighted by molar-refractivity contribution is -0.148. The molecule has 0 radical (unpaired) electrons. The molecule has 1 aromatic rings. The smallest absolute Gasteiger partial charge is 0.311 e. The van der Waals surface area contributed by atoms with Gasteiger partial charge < -0.3 is 15.8 Å². The Morgan fingerprint density at radius 1 is 1.21 bits per heavy atom. The van der Waals surface area contributed by atoms with Crippen molar-refractivity contribution in [1.82, 2.24) is 5.32 Å². The van der Waals surface area contributed by atoms with Crippen molar-refractivity contribution in [3.63, 3.8) is 0 Å². The summed E-state index contributed by atoms with van der Waals surface area (Å²) in [6.45, 7) is 2.37. The molecule has 1 aromatic carbocycles. The van der Waals surface area contributed by atoms with E-state index in [4.69, 9.17) is 10.5 Å². The number of esters is 1. The van der Waals surface area contributed by atoms with Gasteiger partial charge in [-0.3, -0.25) is 9.59 Å². The number of carbonyl (C=O) groups is 2. The van der Waals surface area contributed by atoms with Crippen LogP contribution in [-0.4, -0.2) is 30.6 Å². The van der Waals surface area contributed by atoms with E-state index < -0.39 is 11.5 Å². The predicted octanol–water partition coefficient (Wildman–Crippen LogP) is 2.19. The van der Waals surface area contributed by atoms with Crippen LogP contribution in [0.15, 0.2) is 30.3 Å². The molecule has 5 nitrogen and oxygen atoms in total. The van der Waals surface area contributed by atoms with Crippen LogP contribution in [-0.2, 0) is 20.7 Å². The molecular weight excluding hydrogens is 304 g/mol. The van der Waals surface area contributed by atoms with Crippen LogP contribution in [0.25, 0.3) is 0 Å². The van der Waals surface area contributed by atoms with Crippen molar-refractivity contribution >= 4 is 11.9 Å². The van der Waals surface area contributed by atoms with Crippen LogP contribution in [0.4, 0.5) is 0 Å². The molecule has 0 bridgehead atoms. The second-order valence-electron chi connectivity index (χ2n) is 6.57. The molecule has 1 aliphatic rings. The molecule has 1 amide bonds. The van der Waals surface area contributed by atoms with Crippen LogP contribution in [0.1, 0.15) is 44.6 Å². The zero-order valence-electron chi connectivity index (χ0n) is 14.4. The molecule has 1 unspecified atom stereocenters. The molecule has 132 valence electrons. The summed E-state index contributed by atoms with van der Waals surface area (Å²) in [4.78, 5) is 24.7. The van der Waals surface area contributed by atoms with E-state index in [1.54, 1.807) is 6.92 Å². The largest absolute Gasteiger partial charge is 0.466 e. The van der Waals surface area contributed by atoms with E-state index >= 15 is 0 Å². The van der Waals surface area contributed by atoms with Gasteiger partial charge in [0.25, 0.3) is 0 Å². The monoisotopic (exact) mass is 332 g/mol. The third-order valence-electron chi connectivity index (χ3n) is 4.65. The van der Waals surface area contributed by atoms with Gasteiger partial charge in [0, 0.05) is 6.54 Å². The van der Waals surface area contributed by atoms with Gasteiger partial charge in [0.2, 0.25) is 5.91 Å². The molecule has 3 N–H and O–H groups in total. The molecule has 0 spiro atoms. The molecule has 1 aliphatic carbocycles. The Kier molecular flexibility index (Phi) is 6.79. The third kappa shape index (κ3) is 5.06. The number of amides is 1. The SMILES string of the molecule is CCOC(=O)C(CNC(=O)C1(N)CCCCC1)Cc1ccccc1. The lowest BCUT2D eigenvalue weighted by atomic mass is 9.82. The Morgan fingerprint density at radius 2 is 1.88 bits per heavy atom. The number of nitrogens with one attached hydrogen (secondary N) is 1. The maximum Gasteiger partial charge on any atom is 0.311 e. The topological polar surface area (TPSA) is 81.4 Å². The summed E-state index contributed by atoms with van der Waals surface area (Å²) in [6, 6.07) is 9.76. The lowest BCUT2D eigenvalue weighted by Crippen LogP contribution is -2.56. The highest BCUT2D eigenvalue weighted by Crippen LogP contribution is 2.26. The zero-order valence-corrected chi connectivity index (χ0v) is 14.4. The summed E-state index contributed by atoms with van der Waals surface area (Å²) in [5, 5.41) is 2.89. The number of rotatable bonds is 7. The van der Waals surface area contributed by atoms with Crippen molar-refractivity contribution in [2.45, 2.75) is 51.0 Å². The van der Waals surface area contributed by atoms with Crippen LogP contribution < -0.4 is 11.1 Å². The third-order valence-corrected chi connectivity index (χ3v) is 4.65. The minimum atomic E-state index is -0.787. The van der Waals surface area contributed by atoms with E-state index in [9.17, 15) is 9.59 Å². The fraction of sp³-hybridized carbons (Fsp3) is 0.579. The van der Waals surface area contributed by atoms with Crippen molar-refractivity contribution in [3.05, 3.63) is 35.9 Å². The Labute approximate surface area is 143 Å². The van der Waals surface area contributed by atoms with Gasteiger partial charge in [0.15, 0.2) is 0 Å². The highest BCUT2D eigenvalue weighted by Gasteiger charge is 2.35. The number of hydrogen-bond donors (Lipinski definition) is 2. The Bertz CT molecular complexity index is 539. The summed E-state index contributed by atoms with van der Waals surface area (Å²) in [7, 11) is 0. The van der Waals surface area contributed by atoms with Crippen LogP contribution >= 0.6 is 0 Å². The fourth-order valence-electron chi connectivity index (χ4n) is 3.20. The molecule has 1 fully saturated rings. The Morgan fingerprint density at radius 3 is 2.50 bits per heavy atom. The van der Waals surface area contributed by atoms with Gasteiger partial charge >= 0.3 is 5.97 Å². The number of hydrogen-bond acceptors (Lipinski definition) is 4. The van der Waals surface area contributed by atoms with E-state index in [0.29, 0.717) is 25.9 Å². The van der Waals surface area contributed by atoms with Crippen molar-refractivity contribution in [2.75, 3.05) is 13.2 Å². The predicted molar refractivity (Wildman–Crippen MR) is 93.3 cm³/mol. The summed E-state index contributed by atoms with van der Waals surface area (Å²) in [6.07, 6.45) is 5.05. The van der Waals surface area contributed by atoms with Gasteiger partial charge in [0.1, 0.15) is 0 Å². The highest BCUT2D eigenvalue weighted by molar-refractivity contribution is 5.86. The molecule has 5 heteroatoms. The summed E-state index contributed by atoms with van der Waals surface area (Å²) < 4.78 is 5.16. The first kappa shape index (κ1) is 18.5. The molecule has 0 aromatic heterocycles. The molecule has 1 atom stereocenters. The molecule has 0 aliphatic heterocycles. The molecular formula is C19H28N2O3. The van der Waals surface area contributed by atoms with Crippen molar-refractivity contribution in [2.24, 2.45) is 11.7 Å². The van der Waals surface area contributed by atoms with Gasteiger partial charge in [-0.05, 0) is 31.7 Å². The molecule has 0 saturated heterocycles. The van der Waals surface area contributed by atoms with E-state index in [1.807, 2.05) is 30.3 Å². The van der Waals surface area contributed by atoms with E-state index in [-0.39, 0.29) is 18.4 Å². The van der Waals surface area contributed by atoms with Crippen molar-refractivity contribution in [1.29, 1.82) is 0 Å².